The first-order valence-corrected chi connectivity index (χ1v) is 5.55. The first-order chi connectivity index (χ1) is 9.81. The van der Waals surface area contributed by atoms with E-state index in [9.17, 15) is 22.0 Å². The van der Waals surface area contributed by atoms with Gasteiger partial charge in [0.25, 0.3) is 0 Å². The van der Waals surface area contributed by atoms with Gasteiger partial charge in [-0.2, -0.15) is 18.4 Å². The molecule has 0 N–H and O–H groups in total. The monoisotopic (exact) mass is 299 g/mol. The van der Waals surface area contributed by atoms with E-state index in [0.29, 0.717) is 6.07 Å². The molecule has 0 aliphatic heterocycles. The zero-order valence-electron chi connectivity index (χ0n) is 10.2. The van der Waals surface area contributed by atoms with Gasteiger partial charge >= 0.3 is 6.18 Å². The third-order valence-electron chi connectivity index (χ3n) is 2.55. The van der Waals surface area contributed by atoms with Crippen molar-refractivity contribution in [3.63, 3.8) is 0 Å². The highest BCUT2D eigenvalue weighted by molar-refractivity contribution is 5.48. The van der Waals surface area contributed by atoms with Gasteiger partial charge in [0.05, 0.1) is 11.1 Å². The molecule has 0 saturated heterocycles. The SMILES string of the molecule is N#Cc1cc(C(F)(F)F)ccc1Oc1ccc(F)c(F)c1. The van der Waals surface area contributed by atoms with Crippen molar-refractivity contribution in [1.29, 1.82) is 5.26 Å². The molecule has 0 radical (unpaired) electrons. The molecule has 0 fully saturated rings. The number of benzene rings is 2. The van der Waals surface area contributed by atoms with E-state index in [0.717, 1.165) is 30.3 Å². The summed E-state index contributed by atoms with van der Waals surface area (Å²) in [4.78, 5) is 0. The lowest BCUT2D eigenvalue weighted by molar-refractivity contribution is -0.137. The number of hydrogen-bond acceptors (Lipinski definition) is 2. The number of rotatable bonds is 2. The Labute approximate surface area is 116 Å². The number of nitriles is 1. The highest BCUT2D eigenvalue weighted by atomic mass is 19.4. The summed E-state index contributed by atoms with van der Waals surface area (Å²) in [5.74, 6) is -2.57. The van der Waals surface area contributed by atoms with Crippen LogP contribution in [0.25, 0.3) is 0 Å². The van der Waals surface area contributed by atoms with Crippen LogP contribution in [0.4, 0.5) is 22.0 Å². The highest BCUT2D eigenvalue weighted by Crippen LogP contribution is 2.34. The standard InChI is InChI=1S/C14H6F5NO/c15-11-3-2-10(6-12(11)16)21-13-4-1-9(14(17,18)19)5-8(13)7-20/h1-6H. The predicted octanol–water partition coefficient (Wildman–Crippen LogP) is 4.65. The van der Waals surface area contributed by atoms with Crippen molar-refractivity contribution in [3.05, 3.63) is 59.2 Å². The first-order valence-electron chi connectivity index (χ1n) is 5.55. The minimum absolute atomic E-state index is 0.134. The molecule has 2 rings (SSSR count). The van der Waals surface area contributed by atoms with E-state index >= 15 is 0 Å². The van der Waals surface area contributed by atoms with Crippen LogP contribution in [0.15, 0.2) is 36.4 Å². The quantitative estimate of drug-likeness (QED) is 0.756. The Morgan fingerprint density at radius 2 is 1.67 bits per heavy atom. The van der Waals surface area contributed by atoms with Crippen molar-refractivity contribution >= 4 is 0 Å². The third kappa shape index (κ3) is 3.28. The van der Waals surface area contributed by atoms with E-state index in [4.69, 9.17) is 10.00 Å². The third-order valence-corrected chi connectivity index (χ3v) is 2.55. The van der Waals surface area contributed by atoms with Gasteiger partial charge in [-0.15, -0.1) is 0 Å². The average Bonchev–Trinajstić information content (AvgIpc) is 2.42. The van der Waals surface area contributed by atoms with Gasteiger partial charge in [-0.1, -0.05) is 0 Å². The molecule has 0 aliphatic rings. The van der Waals surface area contributed by atoms with Crippen LogP contribution in [-0.2, 0) is 6.18 Å². The molecule has 7 heteroatoms. The van der Waals surface area contributed by atoms with Crippen LogP contribution < -0.4 is 4.74 Å². The van der Waals surface area contributed by atoms with Crippen LogP contribution >= 0.6 is 0 Å². The highest BCUT2D eigenvalue weighted by Gasteiger charge is 2.31. The summed E-state index contributed by atoms with van der Waals surface area (Å²) < 4.78 is 68.4. The van der Waals surface area contributed by atoms with Crippen molar-refractivity contribution in [2.45, 2.75) is 6.18 Å². The molecule has 2 aromatic carbocycles. The second kappa shape index (κ2) is 5.40. The van der Waals surface area contributed by atoms with Gasteiger partial charge in [-0.3, -0.25) is 0 Å². The summed E-state index contributed by atoms with van der Waals surface area (Å²) in [5, 5.41) is 8.85. The first kappa shape index (κ1) is 14.8. The van der Waals surface area contributed by atoms with E-state index in [1.807, 2.05) is 0 Å². The van der Waals surface area contributed by atoms with Crippen LogP contribution in [0.5, 0.6) is 11.5 Å². The lowest BCUT2D eigenvalue weighted by Crippen LogP contribution is -2.05. The van der Waals surface area contributed by atoms with E-state index in [2.05, 4.69) is 0 Å². The van der Waals surface area contributed by atoms with E-state index in [1.54, 1.807) is 6.07 Å². The van der Waals surface area contributed by atoms with Crippen LogP contribution in [0.1, 0.15) is 11.1 Å². The van der Waals surface area contributed by atoms with Crippen LogP contribution in [0, 0.1) is 23.0 Å². The van der Waals surface area contributed by atoms with Gasteiger partial charge in [0, 0.05) is 6.07 Å². The Balaban J connectivity index is 2.36. The van der Waals surface area contributed by atoms with Crippen LogP contribution in [-0.4, -0.2) is 0 Å². The summed E-state index contributed by atoms with van der Waals surface area (Å²) in [6.45, 7) is 0. The van der Waals surface area contributed by atoms with Gasteiger partial charge in [-0.05, 0) is 30.3 Å². The minimum atomic E-state index is -4.59. The predicted molar refractivity (Wildman–Crippen MR) is 62.6 cm³/mol. The molecule has 2 nitrogen and oxygen atoms in total. The van der Waals surface area contributed by atoms with Gasteiger partial charge < -0.3 is 4.74 Å². The molecule has 0 spiro atoms. The lowest BCUT2D eigenvalue weighted by atomic mass is 10.1. The Kier molecular flexibility index (Phi) is 3.80. The zero-order chi connectivity index (χ0) is 15.6. The van der Waals surface area contributed by atoms with Crippen molar-refractivity contribution in [1.82, 2.24) is 0 Å². The molecule has 0 amide bonds. The maximum Gasteiger partial charge on any atom is 0.416 e. The zero-order valence-corrected chi connectivity index (χ0v) is 10.2. The number of hydrogen-bond donors (Lipinski definition) is 0. The molecule has 0 saturated carbocycles. The lowest BCUT2D eigenvalue weighted by Gasteiger charge is -2.11. The van der Waals surface area contributed by atoms with E-state index in [1.165, 1.54) is 0 Å². The van der Waals surface area contributed by atoms with Crippen molar-refractivity contribution in [3.8, 4) is 17.6 Å². The molecular weight excluding hydrogens is 293 g/mol. The van der Waals surface area contributed by atoms with Gasteiger partial charge in [0.15, 0.2) is 11.6 Å². The molecule has 0 aliphatic carbocycles. The second-order valence-corrected chi connectivity index (χ2v) is 4.00. The number of nitrogens with zero attached hydrogens (tertiary/aromatic N) is 1. The van der Waals surface area contributed by atoms with Crippen molar-refractivity contribution < 1.29 is 26.7 Å². The maximum atomic E-state index is 13.0. The number of halogens is 5. The molecule has 0 bridgehead atoms. The Bertz CT molecular complexity index is 718. The topological polar surface area (TPSA) is 33.0 Å². The minimum Gasteiger partial charge on any atom is -0.456 e. The Hall–Kier alpha value is -2.62. The smallest absolute Gasteiger partial charge is 0.416 e. The molecular formula is C14H6F5NO. The fourth-order valence-electron chi connectivity index (χ4n) is 1.55. The van der Waals surface area contributed by atoms with Crippen molar-refractivity contribution in [2.75, 3.05) is 0 Å². The van der Waals surface area contributed by atoms with Crippen LogP contribution in [0.3, 0.4) is 0 Å². The Morgan fingerprint density at radius 1 is 0.952 bits per heavy atom. The Morgan fingerprint density at radius 3 is 2.24 bits per heavy atom. The summed E-state index contributed by atoms with van der Waals surface area (Å²) >= 11 is 0. The van der Waals surface area contributed by atoms with Gasteiger partial charge in [0.1, 0.15) is 17.6 Å². The molecule has 0 unspecified atom stereocenters. The molecule has 2 aromatic rings. The average molecular weight is 299 g/mol. The number of alkyl halides is 3. The van der Waals surface area contributed by atoms with Crippen molar-refractivity contribution in [2.24, 2.45) is 0 Å². The summed E-state index contributed by atoms with van der Waals surface area (Å²) in [6.07, 6.45) is -4.59. The number of ether oxygens (including phenoxy) is 1. The fraction of sp³-hybridized carbons (Fsp3) is 0.0714. The molecule has 108 valence electrons. The molecule has 0 atom stereocenters. The maximum absolute atomic E-state index is 13.0. The van der Waals surface area contributed by atoms with E-state index < -0.39 is 23.4 Å². The van der Waals surface area contributed by atoms with Gasteiger partial charge in [-0.25, -0.2) is 8.78 Å². The summed E-state index contributed by atoms with van der Waals surface area (Å²) in [5.41, 5.74) is -1.37. The molecule has 0 aromatic heterocycles. The molecule has 0 heterocycles. The summed E-state index contributed by atoms with van der Waals surface area (Å²) in [6, 6.07) is 6.49. The second-order valence-electron chi connectivity index (χ2n) is 4.00. The fourth-order valence-corrected chi connectivity index (χ4v) is 1.55. The summed E-state index contributed by atoms with van der Waals surface area (Å²) in [7, 11) is 0. The van der Waals surface area contributed by atoms with Gasteiger partial charge in [0.2, 0.25) is 0 Å². The molecule has 21 heavy (non-hydrogen) atoms. The normalized spacial score (nSPS) is 11.0. The van der Waals surface area contributed by atoms with E-state index in [-0.39, 0.29) is 17.1 Å². The largest absolute Gasteiger partial charge is 0.456 e. The van der Waals surface area contributed by atoms with Crippen LogP contribution in [0.2, 0.25) is 0 Å².